The molecule has 5 heteroatoms. The van der Waals surface area contributed by atoms with E-state index in [0.29, 0.717) is 6.54 Å². The van der Waals surface area contributed by atoms with Crippen molar-refractivity contribution < 1.29 is 0 Å². The Balaban J connectivity index is 2.11. The third-order valence-corrected chi connectivity index (χ3v) is 3.55. The summed E-state index contributed by atoms with van der Waals surface area (Å²) < 4.78 is 1.46. The van der Waals surface area contributed by atoms with Gasteiger partial charge >= 0.3 is 0 Å². The minimum Gasteiger partial charge on any atom is -0.392 e. The third-order valence-electron chi connectivity index (χ3n) is 3.24. The van der Waals surface area contributed by atoms with E-state index in [1.54, 1.807) is 0 Å². The minimum absolute atomic E-state index is 0.0191. The Labute approximate surface area is 120 Å². The number of nitrogen functional groups attached to an aromatic ring is 1. The number of fused-ring (bicyclic) bond motifs is 1. The van der Waals surface area contributed by atoms with Crippen LogP contribution in [0.5, 0.6) is 0 Å². The molecule has 0 spiro atoms. The van der Waals surface area contributed by atoms with Crippen molar-refractivity contribution in [2.75, 3.05) is 5.73 Å². The summed E-state index contributed by atoms with van der Waals surface area (Å²) in [5, 5.41) is 2.28. The topological polar surface area (TPSA) is 60.9 Å². The fraction of sp³-hybridized carbons (Fsp3) is 0.0667. The lowest BCUT2D eigenvalue weighted by atomic mass is 10.0. The highest BCUT2D eigenvalue weighted by molar-refractivity contribution is 6.31. The molecule has 0 bridgehead atoms. The number of benzene rings is 2. The molecular weight excluding hydrogens is 274 g/mol. The Morgan fingerprint density at radius 3 is 2.75 bits per heavy atom. The first-order chi connectivity index (χ1) is 9.66. The number of anilines is 1. The second-order valence-electron chi connectivity index (χ2n) is 4.52. The number of aromatic nitrogens is 2. The molecule has 0 saturated heterocycles. The average Bonchev–Trinajstić information content (AvgIpc) is 2.48. The number of halogens is 1. The van der Waals surface area contributed by atoms with Gasteiger partial charge in [-0.05, 0) is 16.3 Å². The van der Waals surface area contributed by atoms with E-state index in [1.807, 2.05) is 42.5 Å². The van der Waals surface area contributed by atoms with Gasteiger partial charge in [0.2, 0.25) is 0 Å². The third kappa shape index (κ3) is 2.14. The lowest BCUT2D eigenvalue weighted by Gasteiger charge is -2.09. The molecule has 0 unspecified atom stereocenters. The van der Waals surface area contributed by atoms with Crippen molar-refractivity contribution in [3.63, 3.8) is 0 Å². The van der Waals surface area contributed by atoms with Crippen molar-refractivity contribution in [3.05, 3.63) is 69.9 Å². The van der Waals surface area contributed by atoms with Gasteiger partial charge in [-0.3, -0.25) is 9.36 Å². The van der Waals surface area contributed by atoms with E-state index in [1.165, 1.54) is 10.9 Å². The van der Waals surface area contributed by atoms with Crippen molar-refractivity contribution in [3.8, 4) is 0 Å². The van der Waals surface area contributed by atoms with Crippen molar-refractivity contribution in [2.24, 2.45) is 0 Å². The van der Waals surface area contributed by atoms with Gasteiger partial charge in [0, 0.05) is 0 Å². The van der Waals surface area contributed by atoms with Crippen molar-refractivity contribution >= 4 is 28.1 Å². The molecule has 3 aromatic rings. The highest BCUT2D eigenvalue weighted by atomic mass is 35.5. The lowest BCUT2D eigenvalue weighted by molar-refractivity contribution is 0.743. The monoisotopic (exact) mass is 285 g/mol. The fourth-order valence-corrected chi connectivity index (χ4v) is 2.34. The number of rotatable bonds is 2. The number of nitrogens with two attached hydrogens (primary N) is 1. The number of hydrogen-bond acceptors (Lipinski definition) is 3. The molecule has 0 aliphatic carbocycles. The van der Waals surface area contributed by atoms with Crippen LogP contribution in [-0.2, 0) is 6.54 Å². The summed E-state index contributed by atoms with van der Waals surface area (Å²) in [7, 11) is 0. The summed E-state index contributed by atoms with van der Waals surface area (Å²) >= 11 is 5.73. The summed E-state index contributed by atoms with van der Waals surface area (Å²) in [5.41, 5.74) is 6.32. The Morgan fingerprint density at radius 2 is 1.90 bits per heavy atom. The molecule has 4 nitrogen and oxygen atoms in total. The fourth-order valence-electron chi connectivity index (χ4n) is 2.21. The van der Waals surface area contributed by atoms with Crippen LogP contribution in [0.3, 0.4) is 0 Å². The molecular formula is C15H12ClN3O. The molecule has 1 aromatic heterocycles. The van der Waals surface area contributed by atoms with Gasteiger partial charge < -0.3 is 5.73 Å². The van der Waals surface area contributed by atoms with Crippen molar-refractivity contribution in [2.45, 2.75) is 6.54 Å². The molecule has 2 aromatic carbocycles. The molecule has 0 fully saturated rings. The first-order valence-electron chi connectivity index (χ1n) is 6.14. The molecule has 0 atom stereocenters. The minimum atomic E-state index is -0.321. The first kappa shape index (κ1) is 12.7. The predicted molar refractivity (Wildman–Crippen MR) is 81.0 cm³/mol. The van der Waals surface area contributed by atoms with Crippen LogP contribution in [0.15, 0.2) is 53.6 Å². The second kappa shape index (κ2) is 4.98. The Hall–Kier alpha value is -2.33. The van der Waals surface area contributed by atoms with E-state index in [2.05, 4.69) is 4.98 Å². The molecule has 0 radical (unpaired) electrons. The SMILES string of the molecule is Nc1c(Cl)ncn(Cc2cccc3ccccc23)c1=O. The Morgan fingerprint density at radius 1 is 1.15 bits per heavy atom. The van der Waals surface area contributed by atoms with Gasteiger partial charge in [-0.2, -0.15) is 0 Å². The van der Waals surface area contributed by atoms with E-state index >= 15 is 0 Å². The van der Waals surface area contributed by atoms with Crippen LogP contribution in [0.2, 0.25) is 5.15 Å². The average molecular weight is 286 g/mol. The molecule has 0 aliphatic heterocycles. The van der Waals surface area contributed by atoms with Crippen molar-refractivity contribution in [1.29, 1.82) is 0 Å². The molecule has 1 heterocycles. The number of hydrogen-bond donors (Lipinski definition) is 1. The highest BCUT2D eigenvalue weighted by Gasteiger charge is 2.08. The van der Waals surface area contributed by atoms with Gasteiger partial charge in [-0.15, -0.1) is 0 Å². The van der Waals surface area contributed by atoms with E-state index in [-0.39, 0.29) is 16.4 Å². The second-order valence-corrected chi connectivity index (χ2v) is 4.88. The zero-order valence-electron chi connectivity index (χ0n) is 10.6. The van der Waals surface area contributed by atoms with Crippen molar-refractivity contribution in [1.82, 2.24) is 9.55 Å². The maximum absolute atomic E-state index is 12.0. The van der Waals surface area contributed by atoms with E-state index in [4.69, 9.17) is 17.3 Å². The van der Waals surface area contributed by atoms with Crippen LogP contribution < -0.4 is 11.3 Å². The Kier molecular flexibility index (Phi) is 3.16. The predicted octanol–water partition coefficient (Wildman–Crippen LogP) is 2.68. The van der Waals surface area contributed by atoms with Gasteiger partial charge in [0.25, 0.3) is 5.56 Å². The summed E-state index contributed by atoms with van der Waals surface area (Å²) in [6.45, 7) is 0.411. The van der Waals surface area contributed by atoms with Gasteiger partial charge in [0.05, 0.1) is 12.9 Å². The molecule has 0 aliphatic rings. The van der Waals surface area contributed by atoms with Gasteiger partial charge in [-0.1, -0.05) is 54.1 Å². The Bertz CT molecular complexity index is 837. The van der Waals surface area contributed by atoms with Crippen LogP contribution in [0.4, 0.5) is 5.69 Å². The summed E-state index contributed by atoms with van der Waals surface area (Å²) in [6, 6.07) is 14.0. The normalized spacial score (nSPS) is 10.8. The molecule has 3 rings (SSSR count). The van der Waals surface area contributed by atoms with Crippen LogP contribution in [0, 0.1) is 0 Å². The summed E-state index contributed by atoms with van der Waals surface area (Å²) in [6.07, 6.45) is 1.42. The summed E-state index contributed by atoms with van der Waals surface area (Å²) in [5.74, 6) is 0. The lowest BCUT2D eigenvalue weighted by Crippen LogP contribution is -2.24. The molecule has 20 heavy (non-hydrogen) atoms. The van der Waals surface area contributed by atoms with Crippen LogP contribution in [0.1, 0.15) is 5.56 Å². The molecule has 0 saturated carbocycles. The smallest absolute Gasteiger partial charge is 0.278 e. The zero-order chi connectivity index (χ0) is 14.1. The zero-order valence-corrected chi connectivity index (χ0v) is 11.3. The first-order valence-corrected chi connectivity index (χ1v) is 6.51. The van der Waals surface area contributed by atoms with Crippen LogP contribution in [0.25, 0.3) is 10.8 Å². The molecule has 100 valence electrons. The van der Waals surface area contributed by atoms with E-state index in [9.17, 15) is 4.79 Å². The maximum Gasteiger partial charge on any atom is 0.278 e. The van der Waals surface area contributed by atoms with Crippen LogP contribution >= 0.6 is 11.6 Å². The maximum atomic E-state index is 12.0. The van der Waals surface area contributed by atoms with Gasteiger partial charge in [0.1, 0.15) is 5.69 Å². The number of nitrogens with zero attached hydrogens (tertiary/aromatic N) is 2. The largest absolute Gasteiger partial charge is 0.392 e. The quantitative estimate of drug-likeness (QED) is 0.737. The van der Waals surface area contributed by atoms with E-state index < -0.39 is 0 Å². The standard InChI is InChI=1S/C15H12ClN3O/c16-14-13(17)15(20)19(9-18-14)8-11-6-3-5-10-4-1-2-7-12(10)11/h1-7,9H,8,17H2. The molecule has 0 amide bonds. The van der Waals surface area contributed by atoms with Gasteiger partial charge in [0.15, 0.2) is 5.15 Å². The van der Waals surface area contributed by atoms with Gasteiger partial charge in [-0.25, -0.2) is 4.98 Å². The van der Waals surface area contributed by atoms with E-state index in [0.717, 1.165) is 16.3 Å². The molecule has 2 N–H and O–H groups in total. The highest BCUT2D eigenvalue weighted by Crippen LogP contribution is 2.19. The van der Waals surface area contributed by atoms with Crippen LogP contribution in [-0.4, -0.2) is 9.55 Å². The summed E-state index contributed by atoms with van der Waals surface area (Å²) in [4.78, 5) is 16.0.